The Labute approximate surface area is 114 Å². The smallest absolute Gasteiger partial charge is 0.106 e. The molecule has 0 aromatic heterocycles. The number of methoxy groups -OCH3 is 1. The topological polar surface area (TPSA) is 38.5 Å². The zero-order chi connectivity index (χ0) is 13.1. The molecule has 2 rings (SSSR count). The number of hydrogen-bond acceptors (Lipinski definition) is 3. The molecule has 1 unspecified atom stereocenters. The van der Waals surface area contributed by atoms with Crippen LogP contribution in [0.25, 0.3) is 0 Å². The molecule has 4 heteroatoms. The lowest BCUT2D eigenvalue weighted by Crippen LogP contribution is -2.24. The monoisotopic (exact) mass is 264 g/mol. The zero-order valence-corrected chi connectivity index (χ0v) is 11.8. The van der Waals surface area contributed by atoms with E-state index in [2.05, 4.69) is 30.0 Å². The van der Waals surface area contributed by atoms with E-state index in [1.807, 2.05) is 0 Å². The fraction of sp³-hybridized carbons (Fsp3) is 0.500. The summed E-state index contributed by atoms with van der Waals surface area (Å²) in [6.07, 6.45) is 1.17. The molecule has 1 fully saturated rings. The average Bonchev–Trinajstić information content (AvgIpc) is 2.78. The Morgan fingerprint density at radius 1 is 1.56 bits per heavy atom. The van der Waals surface area contributed by atoms with E-state index in [0.29, 0.717) is 10.9 Å². The van der Waals surface area contributed by atoms with Gasteiger partial charge in [0.25, 0.3) is 0 Å². The summed E-state index contributed by atoms with van der Waals surface area (Å²) in [6, 6.07) is 6.31. The minimum atomic E-state index is 0.476. The first kappa shape index (κ1) is 13.3. The number of hydrogen-bond donors (Lipinski definition) is 1. The highest BCUT2D eigenvalue weighted by Crippen LogP contribution is 2.28. The summed E-state index contributed by atoms with van der Waals surface area (Å²) in [6.45, 7) is 4.95. The van der Waals surface area contributed by atoms with Gasteiger partial charge in [0.05, 0.1) is 6.61 Å². The number of nitrogens with two attached hydrogens (primary N) is 1. The molecule has 0 bridgehead atoms. The summed E-state index contributed by atoms with van der Waals surface area (Å²) in [7, 11) is 1.76. The van der Waals surface area contributed by atoms with Gasteiger partial charge < -0.3 is 15.4 Å². The van der Waals surface area contributed by atoms with Crippen LogP contribution < -0.4 is 10.6 Å². The number of thiocarbonyl (C=S) groups is 1. The normalized spacial score (nSPS) is 19.2. The molecule has 1 atom stereocenters. The fourth-order valence-corrected chi connectivity index (χ4v) is 2.71. The van der Waals surface area contributed by atoms with Gasteiger partial charge in [-0.3, -0.25) is 0 Å². The van der Waals surface area contributed by atoms with Gasteiger partial charge in [-0.2, -0.15) is 0 Å². The summed E-state index contributed by atoms with van der Waals surface area (Å²) in [4.78, 5) is 2.83. The summed E-state index contributed by atoms with van der Waals surface area (Å²) in [5.41, 5.74) is 9.16. The molecule has 0 saturated carbocycles. The summed E-state index contributed by atoms with van der Waals surface area (Å²) in [5.74, 6) is 0.607. The van der Waals surface area contributed by atoms with E-state index < -0.39 is 0 Å². The maximum atomic E-state index is 5.82. The second-order valence-corrected chi connectivity index (χ2v) is 5.38. The SMILES string of the molecule is COCC1CCN(c2ccc(C)cc2C(N)=S)C1. The molecule has 18 heavy (non-hydrogen) atoms. The number of rotatable bonds is 4. The number of anilines is 1. The van der Waals surface area contributed by atoms with Crippen molar-refractivity contribution in [3.63, 3.8) is 0 Å². The first-order chi connectivity index (χ1) is 8.61. The Bertz CT molecular complexity index is 447. The molecule has 0 aliphatic carbocycles. The van der Waals surface area contributed by atoms with Crippen molar-refractivity contribution in [2.24, 2.45) is 11.7 Å². The van der Waals surface area contributed by atoms with Crippen LogP contribution in [0, 0.1) is 12.8 Å². The highest BCUT2D eigenvalue weighted by Gasteiger charge is 2.24. The van der Waals surface area contributed by atoms with E-state index in [4.69, 9.17) is 22.7 Å². The van der Waals surface area contributed by atoms with Crippen LogP contribution in [0.4, 0.5) is 5.69 Å². The maximum absolute atomic E-state index is 5.82. The van der Waals surface area contributed by atoms with E-state index in [0.717, 1.165) is 30.9 Å². The van der Waals surface area contributed by atoms with Crippen molar-refractivity contribution in [3.05, 3.63) is 29.3 Å². The highest BCUT2D eigenvalue weighted by atomic mass is 32.1. The van der Waals surface area contributed by atoms with Crippen LogP contribution in [-0.2, 0) is 4.74 Å². The summed E-state index contributed by atoms with van der Waals surface area (Å²) >= 11 is 5.15. The van der Waals surface area contributed by atoms with Crippen LogP contribution in [0.1, 0.15) is 17.5 Å². The van der Waals surface area contributed by atoms with Crippen LogP contribution in [-0.4, -0.2) is 31.8 Å². The molecule has 98 valence electrons. The van der Waals surface area contributed by atoms with E-state index in [1.54, 1.807) is 7.11 Å². The van der Waals surface area contributed by atoms with E-state index in [-0.39, 0.29) is 0 Å². The van der Waals surface area contributed by atoms with Crippen LogP contribution in [0.2, 0.25) is 0 Å². The fourth-order valence-electron chi connectivity index (χ4n) is 2.55. The molecule has 1 saturated heterocycles. The van der Waals surface area contributed by atoms with Crippen LogP contribution in [0.5, 0.6) is 0 Å². The van der Waals surface area contributed by atoms with Gasteiger partial charge in [0.2, 0.25) is 0 Å². The zero-order valence-electron chi connectivity index (χ0n) is 11.0. The Hall–Kier alpha value is -1.13. The predicted octanol–water partition coefficient (Wildman–Crippen LogP) is 2.10. The number of aryl methyl sites for hydroxylation is 1. The minimum absolute atomic E-state index is 0.476. The molecule has 1 heterocycles. The van der Waals surface area contributed by atoms with E-state index in [1.165, 1.54) is 12.0 Å². The first-order valence-corrected chi connectivity index (χ1v) is 6.67. The van der Waals surface area contributed by atoms with Crippen LogP contribution in [0.15, 0.2) is 18.2 Å². The third-order valence-corrected chi connectivity index (χ3v) is 3.67. The van der Waals surface area contributed by atoms with Crippen molar-refractivity contribution in [2.75, 3.05) is 31.7 Å². The quantitative estimate of drug-likeness (QED) is 0.845. The predicted molar refractivity (Wildman–Crippen MR) is 79.3 cm³/mol. The summed E-state index contributed by atoms with van der Waals surface area (Å²) in [5, 5.41) is 0. The second-order valence-electron chi connectivity index (χ2n) is 4.94. The van der Waals surface area contributed by atoms with E-state index in [9.17, 15) is 0 Å². The average molecular weight is 264 g/mol. The number of ether oxygens (including phenoxy) is 1. The molecular weight excluding hydrogens is 244 g/mol. The van der Waals surface area contributed by atoms with Gasteiger partial charge in [0.1, 0.15) is 4.99 Å². The van der Waals surface area contributed by atoms with Crippen molar-refractivity contribution in [1.29, 1.82) is 0 Å². The molecule has 1 aliphatic rings. The van der Waals surface area contributed by atoms with Gasteiger partial charge >= 0.3 is 0 Å². The number of nitrogens with zero attached hydrogens (tertiary/aromatic N) is 1. The van der Waals surface area contributed by atoms with E-state index >= 15 is 0 Å². The highest BCUT2D eigenvalue weighted by molar-refractivity contribution is 7.80. The largest absolute Gasteiger partial charge is 0.389 e. The summed E-state index contributed by atoms with van der Waals surface area (Å²) < 4.78 is 5.23. The molecule has 1 aromatic rings. The third kappa shape index (κ3) is 2.82. The van der Waals surface area contributed by atoms with Crippen molar-refractivity contribution in [1.82, 2.24) is 0 Å². The van der Waals surface area contributed by atoms with Gasteiger partial charge in [0.15, 0.2) is 0 Å². The van der Waals surface area contributed by atoms with Gasteiger partial charge in [-0.1, -0.05) is 23.8 Å². The second kappa shape index (κ2) is 5.67. The standard InChI is InChI=1S/C14H20N2OS/c1-10-3-4-13(12(7-10)14(15)18)16-6-5-11(8-16)9-17-2/h3-4,7,11H,5-6,8-9H2,1-2H3,(H2,15,18). The van der Waals surface area contributed by atoms with Gasteiger partial charge in [0, 0.05) is 37.4 Å². The van der Waals surface area contributed by atoms with Gasteiger partial charge in [-0.25, -0.2) is 0 Å². The number of benzene rings is 1. The van der Waals surface area contributed by atoms with Crippen molar-refractivity contribution < 1.29 is 4.74 Å². The first-order valence-electron chi connectivity index (χ1n) is 6.26. The molecule has 1 aliphatic heterocycles. The molecule has 2 N–H and O–H groups in total. The lowest BCUT2D eigenvalue weighted by atomic mass is 10.1. The Morgan fingerprint density at radius 2 is 2.33 bits per heavy atom. The third-order valence-electron chi connectivity index (χ3n) is 3.45. The van der Waals surface area contributed by atoms with Gasteiger partial charge in [-0.05, 0) is 25.5 Å². The molecular formula is C14H20N2OS. The molecule has 1 aromatic carbocycles. The molecule has 0 amide bonds. The molecule has 3 nitrogen and oxygen atoms in total. The van der Waals surface area contributed by atoms with Crippen molar-refractivity contribution in [3.8, 4) is 0 Å². The van der Waals surface area contributed by atoms with Crippen LogP contribution in [0.3, 0.4) is 0 Å². The Balaban J connectivity index is 2.21. The molecule has 0 radical (unpaired) electrons. The van der Waals surface area contributed by atoms with Gasteiger partial charge in [-0.15, -0.1) is 0 Å². The lowest BCUT2D eigenvalue weighted by Gasteiger charge is -2.22. The minimum Gasteiger partial charge on any atom is -0.389 e. The maximum Gasteiger partial charge on any atom is 0.106 e. The van der Waals surface area contributed by atoms with Crippen LogP contribution >= 0.6 is 12.2 Å². The Kier molecular flexibility index (Phi) is 4.19. The van der Waals surface area contributed by atoms with Crippen molar-refractivity contribution in [2.45, 2.75) is 13.3 Å². The Morgan fingerprint density at radius 3 is 3.00 bits per heavy atom. The van der Waals surface area contributed by atoms with Crippen molar-refractivity contribution >= 4 is 22.9 Å². The molecule has 0 spiro atoms. The lowest BCUT2D eigenvalue weighted by molar-refractivity contribution is 0.161.